The Bertz CT molecular complexity index is 446. The molecule has 0 aliphatic carbocycles. The van der Waals surface area contributed by atoms with Crippen LogP contribution < -0.4 is 5.32 Å². The van der Waals surface area contributed by atoms with Crippen molar-refractivity contribution < 1.29 is 4.79 Å². The Morgan fingerprint density at radius 3 is 2.95 bits per heavy atom. The number of likely N-dealkylation sites (tertiary alicyclic amines) is 1. The molecule has 1 aliphatic heterocycles. The van der Waals surface area contributed by atoms with Crippen LogP contribution in [-0.2, 0) is 4.79 Å². The molecule has 0 radical (unpaired) electrons. The molecule has 0 bridgehead atoms. The van der Waals surface area contributed by atoms with Gasteiger partial charge >= 0.3 is 0 Å². The summed E-state index contributed by atoms with van der Waals surface area (Å²) < 4.78 is 0. The average Bonchev–Trinajstić information content (AvgIpc) is 2.46. The highest BCUT2D eigenvalue weighted by Gasteiger charge is 2.24. The van der Waals surface area contributed by atoms with Crippen molar-refractivity contribution in [3.8, 4) is 6.07 Å². The van der Waals surface area contributed by atoms with Crippen LogP contribution in [0.3, 0.4) is 0 Å². The summed E-state index contributed by atoms with van der Waals surface area (Å²) in [4.78, 5) is 18.3. The minimum atomic E-state index is 0.0681. The molecule has 0 spiro atoms. The molecule has 1 aromatic heterocycles. The minimum absolute atomic E-state index is 0.0681. The number of carbonyl (C=O) groups excluding carboxylic acids is 1. The molecule has 1 amide bonds. The van der Waals surface area contributed by atoms with Crippen LogP contribution in [0.15, 0.2) is 24.5 Å². The number of pyridine rings is 1. The Kier molecular flexibility index (Phi) is 4.87. The number of aromatic nitrogens is 1. The van der Waals surface area contributed by atoms with Gasteiger partial charge in [-0.1, -0.05) is 0 Å². The maximum absolute atomic E-state index is 12.1. The van der Waals surface area contributed by atoms with Crippen LogP contribution in [-0.4, -0.2) is 35.4 Å². The Hall–Kier alpha value is -1.93. The van der Waals surface area contributed by atoms with E-state index in [-0.39, 0.29) is 11.8 Å². The average molecular weight is 258 g/mol. The van der Waals surface area contributed by atoms with Gasteiger partial charge in [-0.3, -0.25) is 9.78 Å². The molecule has 1 aromatic rings. The number of carbonyl (C=O) groups is 1. The maximum atomic E-state index is 12.1. The Labute approximate surface area is 113 Å². The van der Waals surface area contributed by atoms with Gasteiger partial charge in [0, 0.05) is 25.1 Å². The third-order valence-corrected chi connectivity index (χ3v) is 3.43. The van der Waals surface area contributed by atoms with E-state index in [9.17, 15) is 4.79 Å². The number of amides is 1. The third kappa shape index (κ3) is 4.04. The summed E-state index contributed by atoms with van der Waals surface area (Å²) in [7, 11) is 0. The van der Waals surface area contributed by atoms with Crippen LogP contribution in [0.2, 0.25) is 0 Å². The molecule has 2 rings (SSSR count). The van der Waals surface area contributed by atoms with Crippen LogP contribution in [0.1, 0.15) is 19.3 Å². The lowest BCUT2D eigenvalue weighted by Crippen LogP contribution is -2.38. The lowest BCUT2D eigenvalue weighted by Gasteiger charge is -2.30. The largest absolute Gasteiger partial charge is 0.324 e. The van der Waals surface area contributed by atoms with E-state index in [0.29, 0.717) is 6.42 Å². The second-order valence-electron chi connectivity index (χ2n) is 4.75. The zero-order chi connectivity index (χ0) is 13.5. The van der Waals surface area contributed by atoms with Crippen LogP contribution in [0.25, 0.3) is 0 Å². The Balaban J connectivity index is 1.78. The van der Waals surface area contributed by atoms with E-state index in [1.165, 1.54) is 0 Å². The molecule has 1 fully saturated rings. The van der Waals surface area contributed by atoms with E-state index >= 15 is 0 Å². The first-order chi connectivity index (χ1) is 9.29. The molecule has 0 saturated carbocycles. The summed E-state index contributed by atoms with van der Waals surface area (Å²) in [5, 5.41) is 11.5. The van der Waals surface area contributed by atoms with Crippen molar-refractivity contribution in [2.24, 2.45) is 5.92 Å². The predicted octanol–water partition coefficient (Wildman–Crippen LogP) is 1.65. The van der Waals surface area contributed by atoms with Crippen LogP contribution in [0.4, 0.5) is 5.69 Å². The van der Waals surface area contributed by atoms with Crippen molar-refractivity contribution in [1.29, 1.82) is 5.26 Å². The molecule has 2 heterocycles. The lowest BCUT2D eigenvalue weighted by atomic mass is 9.96. The fraction of sp³-hybridized carbons (Fsp3) is 0.500. The van der Waals surface area contributed by atoms with Crippen LogP contribution in [0.5, 0.6) is 0 Å². The van der Waals surface area contributed by atoms with Gasteiger partial charge in [-0.2, -0.15) is 5.26 Å². The first-order valence-corrected chi connectivity index (χ1v) is 6.60. The second-order valence-corrected chi connectivity index (χ2v) is 4.75. The van der Waals surface area contributed by atoms with Crippen molar-refractivity contribution in [2.45, 2.75) is 19.3 Å². The number of piperidine rings is 1. The number of hydrogen-bond donors (Lipinski definition) is 1. The van der Waals surface area contributed by atoms with E-state index in [0.717, 1.165) is 38.2 Å². The summed E-state index contributed by atoms with van der Waals surface area (Å²) in [6.07, 6.45) is 5.62. The SMILES string of the molecule is N#CCCN1CCC(C(=O)Nc2cccnc2)CC1. The topological polar surface area (TPSA) is 69.0 Å². The number of nitriles is 1. The fourth-order valence-electron chi connectivity index (χ4n) is 2.31. The number of nitrogens with one attached hydrogen (secondary N) is 1. The van der Waals surface area contributed by atoms with Crippen LogP contribution in [0, 0.1) is 17.2 Å². The first-order valence-electron chi connectivity index (χ1n) is 6.60. The highest BCUT2D eigenvalue weighted by molar-refractivity contribution is 5.92. The van der Waals surface area contributed by atoms with E-state index in [2.05, 4.69) is 21.3 Å². The molecule has 5 heteroatoms. The number of hydrogen-bond acceptors (Lipinski definition) is 4. The smallest absolute Gasteiger partial charge is 0.227 e. The van der Waals surface area contributed by atoms with Gasteiger partial charge in [-0.15, -0.1) is 0 Å². The third-order valence-electron chi connectivity index (χ3n) is 3.43. The van der Waals surface area contributed by atoms with Crippen molar-refractivity contribution in [3.63, 3.8) is 0 Å². The molecule has 1 N–H and O–H groups in total. The molecular weight excluding hydrogens is 240 g/mol. The van der Waals surface area contributed by atoms with Crippen molar-refractivity contribution in [3.05, 3.63) is 24.5 Å². The van der Waals surface area contributed by atoms with E-state index in [4.69, 9.17) is 5.26 Å². The number of rotatable bonds is 4. The maximum Gasteiger partial charge on any atom is 0.227 e. The molecule has 0 aromatic carbocycles. The van der Waals surface area contributed by atoms with Crippen molar-refractivity contribution >= 4 is 11.6 Å². The molecule has 0 atom stereocenters. The molecule has 100 valence electrons. The minimum Gasteiger partial charge on any atom is -0.324 e. The van der Waals surface area contributed by atoms with Gasteiger partial charge in [0.05, 0.1) is 18.0 Å². The molecular formula is C14H18N4O. The van der Waals surface area contributed by atoms with Gasteiger partial charge < -0.3 is 10.2 Å². The number of anilines is 1. The van der Waals surface area contributed by atoms with Crippen LogP contribution >= 0.6 is 0 Å². The van der Waals surface area contributed by atoms with Gasteiger partial charge in [0.25, 0.3) is 0 Å². The zero-order valence-corrected chi connectivity index (χ0v) is 10.9. The molecule has 1 saturated heterocycles. The lowest BCUT2D eigenvalue weighted by molar-refractivity contribution is -0.121. The quantitative estimate of drug-likeness (QED) is 0.891. The van der Waals surface area contributed by atoms with Gasteiger partial charge in [-0.25, -0.2) is 0 Å². The van der Waals surface area contributed by atoms with E-state index < -0.39 is 0 Å². The fourth-order valence-corrected chi connectivity index (χ4v) is 2.31. The zero-order valence-electron chi connectivity index (χ0n) is 10.9. The molecule has 5 nitrogen and oxygen atoms in total. The van der Waals surface area contributed by atoms with E-state index in [1.54, 1.807) is 18.5 Å². The predicted molar refractivity (Wildman–Crippen MR) is 72.3 cm³/mol. The number of nitrogens with zero attached hydrogens (tertiary/aromatic N) is 3. The standard InChI is InChI=1S/C14H18N4O/c15-6-2-8-18-9-4-12(5-10-18)14(19)17-13-3-1-7-16-11-13/h1,3,7,11-12H,2,4-5,8-10H2,(H,17,19). The summed E-state index contributed by atoms with van der Waals surface area (Å²) in [5.74, 6) is 0.145. The Morgan fingerprint density at radius 2 is 2.32 bits per heavy atom. The monoisotopic (exact) mass is 258 g/mol. The highest BCUT2D eigenvalue weighted by atomic mass is 16.1. The Morgan fingerprint density at radius 1 is 1.53 bits per heavy atom. The molecule has 0 unspecified atom stereocenters. The summed E-state index contributed by atoms with van der Waals surface area (Å²) in [6.45, 7) is 2.60. The van der Waals surface area contributed by atoms with Gasteiger partial charge in [0.15, 0.2) is 0 Å². The van der Waals surface area contributed by atoms with Crippen molar-refractivity contribution in [1.82, 2.24) is 9.88 Å². The summed E-state index contributed by atoms with van der Waals surface area (Å²) in [6, 6.07) is 5.80. The van der Waals surface area contributed by atoms with Gasteiger partial charge in [0.1, 0.15) is 0 Å². The first kappa shape index (κ1) is 13.5. The summed E-state index contributed by atoms with van der Waals surface area (Å²) in [5.41, 5.74) is 0.749. The summed E-state index contributed by atoms with van der Waals surface area (Å²) >= 11 is 0. The highest BCUT2D eigenvalue weighted by Crippen LogP contribution is 2.19. The van der Waals surface area contributed by atoms with E-state index in [1.807, 2.05) is 6.07 Å². The second kappa shape index (κ2) is 6.86. The normalized spacial score (nSPS) is 16.8. The van der Waals surface area contributed by atoms with Gasteiger partial charge in [0.2, 0.25) is 5.91 Å². The molecule has 1 aliphatic rings. The molecule has 19 heavy (non-hydrogen) atoms. The van der Waals surface area contributed by atoms with Gasteiger partial charge in [-0.05, 0) is 38.1 Å². The van der Waals surface area contributed by atoms with Crippen molar-refractivity contribution in [2.75, 3.05) is 25.0 Å².